The molecule has 1 unspecified atom stereocenters. The van der Waals surface area contributed by atoms with Gasteiger partial charge in [-0.1, -0.05) is 11.3 Å². The Labute approximate surface area is 100 Å². The molecule has 5 N–H and O–H groups in total. The van der Waals surface area contributed by atoms with Crippen molar-refractivity contribution in [1.82, 2.24) is 15.5 Å². The van der Waals surface area contributed by atoms with Crippen molar-refractivity contribution in [3.8, 4) is 0 Å². The maximum atomic E-state index is 9.10. The Morgan fingerprint density at radius 2 is 2.00 bits per heavy atom. The summed E-state index contributed by atoms with van der Waals surface area (Å²) >= 11 is 1.48. The first-order valence-electron chi connectivity index (χ1n) is 4.79. The van der Waals surface area contributed by atoms with Crippen molar-refractivity contribution in [3.63, 3.8) is 0 Å². The highest BCUT2D eigenvalue weighted by atomic mass is 32.1. The third kappa shape index (κ3) is 4.33. The van der Waals surface area contributed by atoms with Gasteiger partial charge in [0.2, 0.25) is 5.13 Å². The van der Waals surface area contributed by atoms with E-state index in [0.29, 0.717) is 11.2 Å². The Morgan fingerprint density at radius 1 is 1.35 bits per heavy atom. The maximum absolute atomic E-state index is 9.10. The van der Waals surface area contributed by atoms with Crippen molar-refractivity contribution in [3.05, 3.63) is 5.01 Å². The molecule has 8 nitrogen and oxygen atoms in total. The number of aromatic nitrogens is 2. The van der Waals surface area contributed by atoms with E-state index in [1.165, 1.54) is 17.8 Å². The van der Waals surface area contributed by atoms with Gasteiger partial charge in [-0.3, -0.25) is 0 Å². The van der Waals surface area contributed by atoms with Crippen LogP contribution in [0.3, 0.4) is 0 Å². The molecule has 0 bridgehead atoms. The molecule has 0 saturated carbocycles. The molecule has 1 aromatic rings. The Hall–Kier alpha value is -1.74. The van der Waals surface area contributed by atoms with E-state index < -0.39 is 11.9 Å². The number of hydrogen-bond donors (Lipinski definition) is 4. The van der Waals surface area contributed by atoms with Gasteiger partial charge in [0.15, 0.2) is 0 Å². The first-order chi connectivity index (χ1) is 8.00. The zero-order valence-corrected chi connectivity index (χ0v) is 9.61. The molecule has 1 atom stereocenters. The van der Waals surface area contributed by atoms with Crippen LogP contribution in [0.1, 0.15) is 23.9 Å². The molecule has 0 radical (unpaired) electrons. The van der Waals surface area contributed by atoms with E-state index in [9.17, 15) is 0 Å². The lowest BCUT2D eigenvalue weighted by molar-refractivity contribution is -0.159. The summed E-state index contributed by atoms with van der Waals surface area (Å²) in [6.45, 7) is 1.09. The number of carboxylic acid groups (broad SMARTS) is 2. The van der Waals surface area contributed by atoms with Crippen LogP contribution >= 0.6 is 11.3 Å². The zero-order valence-electron chi connectivity index (χ0n) is 8.79. The summed E-state index contributed by atoms with van der Waals surface area (Å²) in [5.74, 6) is -3.65. The number of nitrogen functional groups attached to an aromatic ring is 1. The van der Waals surface area contributed by atoms with Crippen LogP contribution in [0, 0.1) is 0 Å². The highest BCUT2D eigenvalue weighted by molar-refractivity contribution is 7.15. The van der Waals surface area contributed by atoms with Crippen LogP contribution in [0.25, 0.3) is 0 Å². The third-order valence-corrected chi connectivity index (χ3v) is 2.86. The largest absolute Gasteiger partial charge is 0.473 e. The molecular weight excluding hydrogens is 248 g/mol. The first-order valence-corrected chi connectivity index (χ1v) is 5.61. The van der Waals surface area contributed by atoms with Gasteiger partial charge in [-0.2, -0.15) is 0 Å². The Bertz CT molecular complexity index is 390. The summed E-state index contributed by atoms with van der Waals surface area (Å²) in [6, 6.07) is 0.407. The minimum atomic E-state index is -1.82. The van der Waals surface area contributed by atoms with Gasteiger partial charge in [0.25, 0.3) is 0 Å². The van der Waals surface area contributed by atoms with Crippen LogP contribution in [0.2, 0.25) is 0 Å². The predicted octanol–water partition coefficient (Wildman–Crippen LogP) is -0.300. The third-order valence-electron chi connectivity index (χ3n) is 2.00. The second kappa shape index (κ2) is 6.11. The number of rotatable bonds is 1. The minimum absolute atomic E-state index is 0.407. The second-order valence-corrected chi connectivity index (χ2v) is 4.28. The highest BCUT2D eigenvalue weighted by Gasteiger charge is 2.19. The Kier molecular flexibility index (Phi) is 4.79. The quantitative estimate of drug-likeness (QED) is 0.505. The lowest BCUT2D eigenvalue weighted by Gasteiger charge is -2.02. The number of nitrogens with one attached hydrogen (secondary N) is 1. The zero-order chi connectivity index (χ0) is 12.8. The van der Waals surface area contributed by atoms with E-state index in [2.05, 4.69) is 15.5 Å². The summed E-state index contributed by atoms with van der Waals surface area (Å²) in [4.78, 5) is 18.2. The molecule has 0 aromatic carbocycles. The van der Waals surface area contributed by atoms with Gasteiger partial charge in [-0.15, -0.1) is 10.2 Å². The smallest absolute Gasteiger partial charge is 0.414 e. The van der Waals surface area contributed by atoms with Crippen molar-refractivity contribution in [2.45, 2.75) is 18.9 Å². The number of carboxylic acids is 2. The minimum Gasteiger partial charge on any atom is -0.473 e. The molecule has 1 aliphatic heterocycles. The van der Waals surface area contributed by atoms with Crippen LogP contribution in [-0.2, 0) is 9.59 Å². The molecule has 2 rings (SSSR count). The number of nitrogens with two attached hydrogens (primary N) is 1. The normalized spacial score (nSPS) is 18.2. The Morgan fingerprint density at radius 3 is 2.35 bits per heavy atom. The van der Waals surface area contributed by atoms with Crippen LogP contribution < -0.4 is 11.1 Å². The molecule has 0 amide bonds. The van der Waals surface area contributed by atoms with E-state index in [-0.39, 0.29) is 0 Å². The molecule has 1 saturated heterocycles. The van der Waals surface area contributed by atoms with Crippen molar-refractivity contribution in [2.24, 2.45) is 0 Å². The molecule has 1 aromatic heterocycles. The van der Waals surface area contributed by atoms with Gasteiger partial charge in [0.1, 0.15) is 5.01 Å². The maximum Gasteiger partial charge on any atom is 0.414 e. The number of hydrogen-bond acceptors (Lipinski definition) is 7. The van der Waals surface area contributed by atoms with Gasteiger partial charge in [0, 0.05) is 0 Å². The number of nitrogens with zero attached hydrogens (tertiary/aromatic N) is 2. The lowest BCUT2D eigenvalue weighted by Crippen LogP contribution is -2.12. The fourth-order valence-electron chi connectivity index (χ4n) is 1.28. The van der Waals surface area contributed by atoms with Gasteiger partial charge < -0.3 is 21.3 Å². The van der Waals surface area contributed by atoms with Gasteiger partial charge in [-0.05, 0) is 19.4 Å². The molecule has 1 aliphatic rings. The van der Waals surface area contributed by atoms with Crippen molar-refractivity contribution in [2.75, 3.05) is 12.3 Å². The van der Waals surface area contributed by atoms with Gasteiger partial charge in [-0.25, -0.2) is 9.59 Å². The van der Waals surface area contributed by atoms with E-state index in [0.717, 1.165) is 18.0 Å². The molecule has 2 heterocycles. The lowest BCUT2D eigenvalue weighted by atomic mass is 10.2. The van der Waals surface area contributed by atoms with Crippen LogP contribution in [0.15, 0.2) is 0 Å². The topological polar surface area (TPSA) is 138 Å². The number of aliphatic carboxylic acids is 2. The number of carbonyl (C=O) groups is 2. The number of anilines is 1. The van der Waals surface area contributed by atoms with E-state index in [4.69, 9.17) is 25.5 Å². The molecule has 1 fully saturated rings. The standard InChI is InChI=1S/C6H10N4S.C2H2O4/c7-6-10-9-5(11-6)4-2-1-3-8-4;3-1(4)2(5)6/h4,8H,1-3H2,(H2,7,10);(H,3,4)(H,5,6). The summed E-state index contributed by atoms with van der Waals surface area (Å²) in [7, 11) is 0. The van der Waals surface area contributed by atoms with Crippen molar-refractivity contribution < 1.29 is 19.8 Å². The molecule has 9 heteroatoms. The van der Waals surface area contributed by atoms with Gasteiger partial charge in [0.05, 0.1) is 6.04 Å². The molecule has 0 spiro atoms. The first kappa shape index (κ1) is 13.3. The average Bonchev–Trinajstić information content (AvgIpc) is 2.88. The molecule has 17 heavy (non-hydrogen) atoms. The predicted molar refractivity (Wildman–Crippen MR) is 59.6 cm³/mol. The van der Waals surface area contributed by atoms with Crippen molar-refractivity contribution >= 4 is 28.4 Å². The fraction of sp³-hybridized carbons (Fsp3) is 0.500. The molecular formula is C8H12N4O4S. The van der Waals surface area contributed by atoms with E-state index in [1.807, 2.05) is 0 Å². The summed E-state index contributed by atoms with van der Waals surface area (Å²) in [5, 5.41) is 27.5. The Balaban J connectivity index is 0.000000209. The SMILES string of the molecule is Nc1nnc(C2CCCN2)s1.O=C(O)C(=O)O. The van der Waals surface area contributed by atoms with Gasteiger partial charge >= 0.3 is 11.9 Å². The summed E-state index contributed by atoms with van der Waals surface area (Å²) in [6.07, 6.45) is 2.39. The highest BCUT2D eigenvalue weighted by Crippen LogP contribution is 2.26. The monoisotopic (exact) mass is 260 g/mol. The molecule has 0 aliphatic carbocycles. The van der Waals surface area contributed by atoms with Crippen LogP contribution in [0.4, 0.5) is 5.13 Å². The summed E-state index contributed by atoms with van der Waals surface area (Å²) < 4.78 is 0. The van der Waals surface area contributed by atoms with Crippen molar-refractivity contribution in [1.29, 1.82) is 0 Å². The fourth-order valence-corrected chi connectivity index (χ4v) is 2.00. The second-order valence-electron chi connectivity index (χ2n) is 3.24. The summed E-state index contributed by atoms with van der Waals surface area (Å²) in [5.41, 5.74) is 5.46. The van der Waals surface area contributed by atoms with Crippen LogP contribution in [0.5, 0.6) is 0 Å². The van der Waals surface area contributed by atoms with E-state index >= 15 is 0 Å². The molecule has 94 valence electrons. The average molecular weight is 260 g/mol. The van der Waals surface area contributed by atoms with E-state index in [1.54, 1.807) is 0 Å². The van der Waals surface area contributed by atoms with Crippen LogP contribution in [-0.4, -0.2) is 38.9 Å².